The van der Waals surface area contributed by atoms with Gasteiger partial charge in [0.1, 0.15) is 10.7 Å². The average Bonchev–Trinajstić information content (AvgIpc) is 3.05. The first kappa shape index (κ1) is 20.7. The Morgan fingerprint density at radius 1 is 1.20 bits per heavy atom. The van der Waals surface area contributed by atoms with E-state index in [2.05, 4.69) is 19.7 Å². The lowest BCUT2D eigenvalue weighted by Gasteiger charge is -2.25. The Hall–Kier alpha value is -2.56. The molecule has 0 spiro atoms. The van der Waals surface area contributed by atoms with Gasteiger partial charge in [-0.25, -0.2) is 18.4 Å². The maximum Gasteiger partial charge on any atom is 0.271 e. The fraction of sp³-hybridized carbons (Fsp3) is 0.263. The zero-order valence-corrected chi connectivity index (χ0v) is 18.8. The molecule has 8 nitrogen and oxygen atoms in total. The van der Waals surface area contributed by atoms with Crippen LogP contribution in [0.5, 0.6) is 0 Å². The number of thiazole rings is 1. The summed E-state index contributed by atoms with van der Waals surface area (Å²) in [6.07, 6.45) is 4.82. The molecule has 30 heavy (non-hydrogen) atoms. The summed E-state index contributed by atoms with van der Waals surface area (Å²) < 4.78 is 25.3. The van der Waals surface area contributed by atoms with E-state index in [1.807, 2.05) is 19.9 Å². The van der Waals surface area contributed by atoms with Crippen molar-refractivity contribution < 1.29 is 13.2 Å². The summed E-state index contributed by atoms with van der Waals surface area (Å²) in [6, 6.07) is 3.78. The Bertz CT molecular complexity index is 1270. The van der Waals surface area contributed by atoms with E-state index >= 15 is 0 Å². The minimum atomic E-state index is -3.47. The molecule has 3 aromatic rings. The molecule has 0 aliphatic carbocycles. The number of hydrogen-bond donors (Lipinski definition) is 1. The van der Waals surface area contributed by atoms with Gasteiger partial charge in [-0.2, -0.15) is 0 Å². The number of anilines is 2. The molecule has 11 heteroatoms. The van der Waals surface area contributed by atoms with Gasteiger partial charge in [-0.3, -0.25) is 19.4 Å². The molecule has 0 aromatic carbocycles. The third-order valence-electron chi connectivity index (χ3n) is 4.57. The van der Waals surface area contributed by atoms with Crippen LogP contribution >= 0.6 is 22.9 Å². The number of sulfonamides is 1. The quantitative estimate of drug-likeness (QED) is 0.635. The van der Waals surface area contributed by atoms with Crippen molar-refractivity contribution in [3.63, 3.8) is 0 Å². The summed E-state index contributed by atoms with van der Waals surface area (Å²) in [5.74, 6) is 0.183. The lowest BCUT2D eigenvalue weighted by atomic mass is 10.1. The molecular formula is C19H18ClN5O3S2. The van der Waals surface area contributed by atoms with Crippen molar-refractivity contribution in [3.05, 3.63) is 51.2 Å². The van der Waals surface area contributed by atoms with Gasteiger partial charge in [0.05, 0.1) is 22.7 Å². The van der Waals surface area contributed by atoms with Gasteiger partial charge in [0, 0.05) is 30.9 Å². The Balaban J connectivity index is 1.69. The first-order valence-corrected chi connectivity index (χ1v) is 12.1. The highest BCUT2D eigenvalue weighted by Crippen LogP contribution is 2.34. The smallest absolute Gasteiger partial charge is 0.271 e. The monoisotopic (exact) mass is 463 g/mol. The lowest BCUT2D eigenvalue weighted by molar-refractivity contribution is 0.0983. The fourth-order valence-electron chi connectivity index (χ4n) is 3.30. The first-order valence-electron chi connectivity index (χ1n) is 9.01. The van der Waals surface area contributed by atoms with E-state index in [0.29, 0.717) is 39.9 Å². The van der Waals surface area contributed by atoms with Gasteiger partial charge >= 0.3 is 0 Å². The number of aromatic nitrogens is 3. The SMILES string of the molecule is Cc1cnc(-c2cc(N3CCc4nc(NS(C)(=O)=O)sc4C3=O)ncc2Cl)c(C)c1. The van der Waals surface area contributed by atoms with Crippen molar-refractivity contribution in [2.24, 2.45) is 0 Å². The number of carbonyl (C=O) groups is 1. The molecule has 0 unspecified atom stereocenters. The summed E-state index contributed by atoms with van der Waals surface area (Å²) >= 11 is 7.40. The average molecular weight is 464 g/mol. The molecule has 156 valence electrons. The van der Waals surface area contributed by atoms with Crippen molar-refractivity contribution in [3.8, 4) is 11.3 Å². The molecule has 1 amide bonds. The van der Waals surface area contributed by atoms with Crippen molar-refractivity contribution in [2.75, 3.05) is 22.4 Å². The van der Waals surface area contributed by atoms with Crippen LogP contribution in [0, 0.1) is 13.8 Å². The summed E-state index contributed by atoms with van der Waals surface area (Å²) in [5, 5.41) is 0.628. The van der Waals surface area contributed by atoms with E-state index in [1.54, 1.807) is 17.2 Å². The molecule has 0 atom stereocenters. The van der Waals surface area contributed by atoms with Gasteiger partial charge in [0.2, 0.25) is 10.0 Å². The van der Waals surface area contributed by atoms with Gasteiger partial charge < -0.3 is 0 Å². The summed E-state index contributed by atoms with van der Waals surface area (Å²) in [7, 11) is -3.47. The molecule has 1 aliphatic heterocycles. The van der Waals surface area contributed by atoms with Gasteiger partial charge in [0.25, 0.3) is 5.91 Å². The highest BCUT2D eigenvalue weighted by atomic mass is 35.5. The summed E-state index contributed by atoms with van der Waals surface area (Å²) in [6.45, 7) is 4.30. The highest BCUT2D eigenvalue weighted by molar-refractivity contribution is 7.92. The highest BCUT2D eigenvalue weighted by Gasteiger charge is 2.31. The predicted octanol–water partition coefficient (Wildman–Crippen LogP) is 3.44. The van der Waals surface area contributed by atoms with E-state index in [-0.39, 0.29) is 11.0 Å². The van der Waals surface area contributed by atoms with E-state index in [9.17, 15) is 13.2 Å². The van der Waals surface area contributed by atoms with Crippen LogP contribution < -0.4 is 9.62 Å². The van der Waals surface area contributed by atoms with Gasteiger partial charge in [-0.1, -0.05) is 29.0 Å². The van der Waals surface area contributed by atoms with Crippen LogP contribution in [0.3, 0.4) is 0 Å². The summed E-state index contributed by atoms with van der Waals surface area (Å²) in [4.78, 5) is 28.1. The third-order valence-corrected chi connectivity index (χ3v) is 6.56. The molecule has 4 heterocycles. The minimum Gasteiger partial charge on any atom is -0.292 e. The van der Waals surface area contributed by atoms with Crippen LogP contribution in [0.2, 0.25) is 5.02 Å². The van der Waals surface area contributed by atoms with Crippen LogP contribution in [0.4, 0.5) is 10.9 Å². The second-order valence-electron chi connectivity index (χ2n) is 7.08. The van der Waals surface area contributed by atoms with Gasteiger partial charge in [0.15, 0.2) is 5.13 Å². The molecule has 0 bridgehead atoms. The first-order chi connectivity index (χ1) is 14.1. The van der Waals surface area contributed by atoms with Crippen molar-refractivity contribution in [1.29, 1.82) is 0 Å². The van der Waals surface area contributed by atoms with E-state index in [4.69, 9.17) is 11.6 Å². The van der Waals surface area contributed by atoms with Gasteiger partial charge in [-0.05, 0) is 31.0 Å². The van der Waals surface area contributed by atoms with E-state index in [0.717, 1.165) is 34.4 Å². The number of fused-ring (bicyclic) bond motifs is 1. The maximum absolute atomic E-state index is 13.1. The number of nitrogens with zero attached hydrogens (tertiary/aromatic N) is 4. The Morgan fingerprint density at radius 3 is 2.67 bits per heavy atom. The minimum absolute atomic E-state index is 0.182. The number of amides is 1. The third kappa shape index (κ3) is 4.03. The standard InChI is InChI=1S/C19H18ClN5O3S2/c1-10-6-11(2)16(22-8-10)12-7-15(21-9-13(12)20)25-5-4-14-17(18(25)26)29-19(23-14)24-30(3,27)28/h6-9H,4-5H2,1-3H3,(H,23,24). The number of halogens is 1. The van der Waals surface area contributed by atoms with Crippen LogP contribution in [-0.4, -0.2) is 42.1 Å². The van der Waals surface area contributed by atoms with Crippen LogP contribution in [-0.2, 0) is 16.4 Å². The Labute approximate surface area is 183 Å². The molecule has 0 fully saturated rings. The summed E-state index contributed by atoms with van der Waals surface area (Å²) in [5.41, 5.74) is 4.03. The molecule has 0 saturated heterocycles. The fourth-order valence-corrected chi connectivity index (χ4v) is 5.29. The number of hydrogen-bond acceptors (Lipinski definition) is 7. The van der Waals surface area contributed by atoms with Crippen molar-refractivity contribution >= 4 is 49.8 Å². The number of carbonyl (C=O) groups excluding carboxylic acids is 1. The maximum atomic E-state index is 13.1. The number of rotatable bonds is 4. The van der Waals surface area contributed by atoms with E-state index < -0.39 is 10.0 Å². The van der Waals surface area contributed by atoms with Crippen LogP contribution in [0.15, 0.2) is 24.5 Å². The molecular weight excluding hydrogens is 446 g/mol. The number of aryl methyl sites for hydroxylation is 2. The van der Waals surface area contributed by atoms with Crippen LogP contribution in [0.25, 0.3) is 11.3 Å². The largest absolute Gasteiger partial charge is 0.292 e. The normalized spacial score (nSPS) is 14.0. The number of nitrogens with one attached hydrogen (secondary N) is 1. The molecule has 1 aliphatic rings. The van der Waals surface area contributed by atoms with E-state index in [1.165, 1.54) is 6.20 Å². The Kier molecular flexibility index (Phi) is 5.25. The predicted molar refractivity (Wildman–Crippen MR) is 118 cm³/mol. The van der Waals surface area contributed by atoms with Gasteiger partial charge in [-0.15, -0.1) is 0 Å². The topological polar surface area (TPSA) is 105 Å². The molecule has 1 N–H and O–H groups in total. The molecule has 4 rings (SSSR count). The second kappa shape index (κ2) is 7.60. The zero-order chi connectivity index (χ0) is 21.6. The second-order valence-corrected chi connectivity index (χ2v) is 10.2. The lowest BCUT2D eigenvalue weighted by Crippen LogP contribution is -2.37. The molecule has 0 saturated carbocycles. The zero-order valence-electron chi connectivity index (χ0n) is 16.4. The van der Waals surface area contributed by atoms with Crippen molar-refractivity contribution in [1.82, 2.24) is 15.0 Å². The van der Waals surface area contributed by atoms with Crippen molar-refractivity contribution in [2.45, 2.75) is 20.3 Å². The number of pyridine rings is 2. The molecule has 3 aromatic heterocycles. The molecule has 0 radical (unpaired) electrons. The Morgan fingerprint density at radius 2 is 1.97 bits per heavy atom. The van der Waals surface area contributed by atoms with Crippen LogP contribution in [0.1, 0.15) is 26.5 Å².